The third-order valence-electron chi connectivity index (χ3n) is 4.57. The van der Waals surface area contributed by atoms with Crippen LogP contribution in [0.2, 0.25) is 5.02 Å². The molecule has 0 bridgehead atoms. The van der Waals surface area contributed by atoms with Crippen LogP contribution in [-0.4, -0.2) is 55.6 Å². The Bertz CT molecular complexity index is 854. The summed E-state index contributed by atoms with van der Waals surface area (Å²) >= 11 is 5.97. The van der Waals surface area contributed by atoms with Gasteiger partial charge in [0, 0.05) is 37.4 Å². The topological polar surface area (TPSA) is 57.7 Å². The minimum atomic E-state index is -4.40. The lowest BCUT2D eigenvalue weighted by Gasteiger charge is -2.35. The first-order valence-electron chi connectivity index (χ1n) is 8.90. The lowest BCUT2D eigenvalue weighted by atomic mass is 10.2. The van der Waals surface area contributed by atoms with E-state index in [-0.39, 0.29) is 12.5 Å². The van der Waals surface area contributed by atoms with Gasteiger partial charge in [-0.2, -0.15) is 13.2 Å². The molecule has 1 fully saturated rings. The number of hydrogen-bond donors (Lipinski definition) is 1. The average Bonchev–Trinajstić information content (AvgIpc) is 2.68. The molecule has 0 spiro atoms. The van der Waals surface area contributed by atoms with Crippen molar-refractivity contribution < 1.29 is 22.7 Å². The number of benzene rings is 1. The minimum absolute atomic E-state index is 0.184. The van der Waals surface area contributed by atoms with E-state index in [1.54, 1.807) is 18.2 Å². The summed E-state index contributed by atoms with van der Waals surface area (Å²) < 4.78 is 43.2. The second kappa shape index (κ2) is 8.87. The number of rotatable bonds is 5. The molecular formula is C19H20ClF3N4O2. The van der Waals surface area contributed by atoms with E-state index in [9.17, 15) is 18.0 Å². The van der Waals surface area contributed by atoms with E-state index in [0.717, 1.165) is 12.3 Å². The molecule has 10 heteroatoms. The molecule has 1 aliphatic rings. The van der Waals surface area contributed by atoms with Crippen molar-refractivity contribution in [2.24, 2.45) is 0 Å². The van der Waals surface area contributed by atoms with Crippen molar-refractivity contribution in [3.8, 4) is 5.75 Å². The fourth-order valence-corrected chi connectivity index (χ4v) is 3.22. The summed E-state index contributed by atoms with van der Waals surface area (Å²) in [5.74, 6) is 0.804. The SMILES string of the molecule is COc1ccc(Cl)cc1NC(=O)CN1CCN(c2ccc(C(F)(F)F)cn2)CC1. The summed E-state index contributed by atoms with van der Waals surface area (Å²) in [4.78, 5) is 20.1. The number of pyridine rings is 1. The first-order valence-corrected chi connectivity index (χ1v) is 9.28. The second-order valence-electron chi connectivity index (χ2n) is 6.56. The second-order valence-corrected chi connectivity index (χ2v) is 7.00. The Morgan fingerprint density at radius 2 is 1.93 bits per heavy atom. The zero-order valence-corrected chi connectivity index (χ0v) is 16.4. The molecular weight excluding hydrogens is 409 g/mol. The molecule has 2 aromatic rings. The number of anilines is 2. The fraction of sp³-hybridized carbons (Fsp3) is 0.368. The van der Waals surface area contributed by atoms with Gasteiger partial charge in [-0.1, -0.05) is 11.6 Å². The average molecular weight is 429 g/mol. The number of methoxy groups -OCH3 is 1. The fourth-order valence-electron chi connectivity index (χ4n) is 3.05. The number of ether oxygens (including phenoxy) is 1. The lowest BCUT2D eigenvalue weighted by molar-refractivity contribution is -0.137. The van der Waals surface area contributed by atoms with Crippen LogP contribution in [0.25, 0.3) is 0 Å². The summed E-state index contributed by atoms with van der Waals surface area (Å²) in [6, 6.07) is 7.36. The van der Waals surface area contributed by atoms with Gasteiger partial charge in [-0.05, 0) is 30.3 Å². The van der Waals surface area contributed by atoms with Crippen LogP contribution in [0.15, 0.2) is 36.5 Å². The number of carbonyl (C=O) groups excluding carboxylic acids is 1. The highest BCUT2D eigenvalue weighted by molar-refractivity contribution is 6.31. The van der Waals surface area contributed by atoms with Crippen LogP contribution in [0, 0.1) is 0 Å². The predicted octanol–water partition coefficient (Wildman–Crippen LogP) is 3.52. The van der Waals surface area contributed by atoms with Crippen LogP contribution in [0.1, 0.15) is 5.56 Å². The first kappa shape index (κ1) is 21.2. The Labute approximate surface area is 171 Å². The van der Waals surface area contributed by atoms with Crippen LogP contribution in [0.4, 0.5) is 24.7 Å². The monoisotopic (exact) mass is 428 g/mol. The highest BCUT2D eigenvalue weighted by Gasteiger charge is 2.31. The Morgan fingerprint density at radius 3 is 2.52 bits per heavy atom. The van der Waals surface area contributed by atoms with Gasteiger partial charge in [0.15, 0.2) is 0 Å². The number of aromatic nitrogens is 1. The number of amides is 1. The molecule has 0 saturated carbocycles. The van der Waals surface area contributed by atoms with E-state index in [1.165, 1.54) is 13.2 Å². The molecule has 29 heavy (non-hydrogen) atoms. The van der Waals surface area contributed by atoms with E-state index in [2.05, 4.69) is 10.3 Å². The molecule has 1 aromatic carbocycles. The van der Waals surface area contributed by atoms with Crippen molar-refractivity contribution in [1.29, 1.82) is 0 Å². The van der Waals surface area contributed by atoms with Crippen molar-refractivity contribution in [2.75, 3.05) is 50.1 Å². The van der Waals surface area contributed by atoms with Gasteiger partial charge in [0.05, 0.1) is 24.9 Å². The standard InChI is InChI=1S/C19H20ClF3N4O2/c1-29-16-4-3-14(20)10-15(16)25-18(28)12-26-6-8-27(9-7-26)17-5-2-13(11-24-17)19(21,22)23/h2-5,10-11H,6-9,12H2,1H3,(H,25,28). The van der Waals surface area contributed by atoms with Gasteiger partial charge in [-0.25, -0.2) is 4.98 Å². The number of nitrogens with one attached hydrogen (secondary N) is 1. The van der Waals surface area contributed by atoms with Gasteiger partial charge in [0.2, 0.25) is 5.91 Å². The normalized spacial score (nSPS) is 15.3. The predicted molar refractivity (Wildman–Crippen MR) is 105 cm³/mol. The summed E-state index contributed by atoms with van der Waals surface area (Å²) in [7, 11) is 1.51. The first-order chi connectivity index (χ1) is 13.8. The largest absolute Gasteiger partial charge is 0.495 e. The minimum Gasteiger partial charge on any atom is -0.495 e. The van der Waals surface area contributed by atoms with Crippen LogP contribution in [0.3, 0.4) is 0 Å². The molecule has 0 atom stereocenters. The Hall–Kier alpha value is -2.52. The maximum atomic E-state index is 12.6. The number of piperazine rings is 1. The van der Waals surface area contributed by atoms with E-state index in [4.69, 9.17) is 16.3 Å². The van der Waals surface area contributed by atoms with Crippen LogP contribution in [0.5, 0.6) is 5.75 Å². The molecule has 3 rings (SSSR count). The number of carbonyl (C=O) groups is 1. The highest BCUT2D eigenvalue weighted by Crippen LogP contribution is 2.30. The van der Waals surface area contributed by atoms with Crippen molar-refractivity contribution in [3.05, 3.63) is 47.1 Å². The maximum absolute atomic E-state index is 12.6. The summed E-state index contributed by atoms with van der Waals surface area (Å²) in [6.07, 6.45) is -3.56. The molecule has 2 heterocycles. The third kappa shape index (κ3) is 5.51. The summed E-state index contributed by atoms with van der Waals surface area (Å²) in [6.45, 7) is 2.48. The van der Waals surface area contributed by atoms with Gasteiger partial charge in [-0.3, -0.25) is 9.69 Å². The Balaban J connectivity index is 1.52. The summed E-state index contributed by atoms with van der Waals surface area (Å²) in [5.41, 5.74) is -0.273. The molecule has 0 aliphatic carbocycles. The molecule has 1 saturated heterocycles. The maximum Gasteiger partial charge on any atom is 0.417 e. The molecule has 1 aromatic heterocycles. The lowest BCUT2D eigenvalue weighted by Crippen LogP contribution is -2.49. The highest BCUT2D eigenvalue weighted by atomic mass is 35.5. The van der Waals surface area contributed by atoms with Gasteiger partial charge in [-0.15, -0.1) is 0 Å². The molecule has 0 unspecified atom stereocenters. The number of alkyl halides is 3. The molecule has 156 valence electrons. The van der Waals surface area contributed by atoms with Gasteiger partial charge < -0.3 is 15.0 Å². The van der Waals surface area contributed by atoms with E-state index < -0.39 is 11.7 Å². The quantitative estimate of drug-likeness (QED) is 0.789. The number of nitrogens with zero attached hydrogens (tertiary/aromatic N) is 3. The van der Waals surface area contributed by atoms with Gasteiger partial charge in [0.25, 0.3) is 0 Å². The van der Waals surface area contributed by atoms with Crippen LogP contribution in [-0.2, 0) is 11.0 Å². The van der Waals surface area contributed by atoms with Crippen molar-refractivity contribution in [1.82, 2.24) is 9.88 Å². The Kier molecular flexibility index (Phi) is 6.49. The smallest absolute Gasteiger partial charge is 0.417 e. The molecule has 1 amide bonds. The zero-order chi connectivity index (χ0) is 21.0. The zero-order valence-electron chi connectivity index (χ0n) is 15.7. The molecule has 6 nitrogen and oxygen atoms in total. The van der Waals surface area contributed by atoms with Gasteiger partial charge in [0.1, 0.15) is 11.6 Å². The van der Waals surface area contributed by atoms with E-state index in [0.29, 0.717) is 48.5 Å². The van der Waals surface area contributed by atoms with Gasteiger partial charge >= 0.3 is 6.18 Å². The summed E-state index contributed by atoms with van der Waals surface area (Å²) in [5, 5.41) is 3.28. The van der Waals surface area contributed by atoms with Crippen molar-refractivity contribution in [3.63, 3.8) is 0 Å². The van der Waals surface area contributed by atoms with E-state index in [1.807, 2.05) is 9.80 Å². The molecule has 1 aliphatic heterocycles. The Morgan fingerprint density at radius 1 is 1.21 bits per heavy atom. The number of hydrogen-bond acceptors (Lipinski definition) is 5. The molecule has 0 radical (unpaired) electrons. The van der Waals surface area contributed by atoms with Crippen molar-refractivity contribution >= 4 is 29.0 Å². The van der Waals surface area contributed by atoms with E-state index >= 15 is 0 Å². The number of halogens is 4. The van der Waals surface area contributed by atoms with Crippen molar-refractivity contribution in [2.45, 2.75) is 6.18 Å². The van der Waals surface area contributed by atoms with Crippen LogP contribution >= 0.6 is 11.6 Å². The molecule has 1 N–H and O–H groups in total. The van der Waals surface area contributed by atoms with Crippen LogP contribution < -0.4 is 15.0 Å². The third-order valence-corrected chi connectivity index (χ3v) is 4.81.